The Morgan fingerprint density at radius 2 is 2.06 bits per heavy atom. The Hall–Kier alpha value is -3.38. The van der Waals surface area contributed by atoms with Crippen molar-refractivity contribution >= 4 is 30.0 Å². The number of halogens is 4. The molecule has 0 unspecified atom stereocenters. The van der Waals surface area contributed by atoms with Crippen LogP contribution in [-0.2, 0) is 15.0 Å². The average molecular weight is 486 g/mol. The van der Waals surface area contributed by atoms with E-state index in [1.807, 2.05) is 0 Å². The third-order valence-corrected chi connectivity index (χ3v) is 5.04. The molecule has 0 radical (unpaired) electrons. The molecule has 0 spiro atoms. The van der Waals surface area contributed by atoms with E-state index in [9.17, 15) is 13.6 Å². The van der Waals surface area contributed by atoms with Gasteiger partial charge in [0.1, 0.15) is 30.6 Å². The van der Waals surface area contributed by atoms with Crippen LogP contribution in [0, 0.1) is 5.82 Å². The van der Waals surface area contributed by atoms with E-state index in [0.29, 0.717) is 0 Å². The normalized spacial score (nSPS) is 23.4. The number of anilines is 1. The number of fused-ring (bicyclic) bond motifs is 1. The zero-order chi connectivity index (χ0) is 22.9. The number of amides is 1. The number of carbonyl (C=O) groups is 1. The summed E-state index contributed by atoms with van der Waals surface area (Å²) in [5.41, 5.74) is 1.68. The molecule has 2 aliphatic rings. The first-order chi connectivity index (χ1) is 15.2. The second-order valence-electron chi connectivity index (χ2n) is 7.25. The maximum atomic E-state index is 15.5. The summed E-state index contributed by atoms with van der Waals surface area (Å²) >= 11 is 0. The van der Waals surface area contributed by atoms with Gasteiger partial charge >= 0.3 is 0 Å². The Bertz CT molecular complexity index is 1100. The smallest absolute Gasteiger partial charge is 0.283 e. The van der Waals surface area contributed by atoms with Crippen molar-refractivity contribution < 1.29 is 32.2 Å². The van der Waals surface area contributed by atoms with E-state index in [-0.39, 0.29) is 54.5 Å². The first kappa shape index (κ1) is 24.3. The second kappa shape index (κ2) is 9.24. The van der Waals surface area contributed by atoms with Crippen molar-refractivity contribution in [2.75, 3.05) is 31.7 Å². The van der Waals surface area contributed by atoms with Gasteiger partial charge in [0, 0.05) is 11.3 Å². The number of nitrogens with zero attached hydrogens (tertiary/aromatic N) is 3. The van der Waals surface area contributed by atoms with Gasteiger partial charge in [-0.15, -0.1) is 12.4 Å². The van der Waals surface area contributed by atoms with Crippen molar-refractivity contribution in [2.24, 2.45) is 10.7 Å². The van der Waals surface area contributed by atoms with Crippen molar-refractivity contribution in [3.8, 4) is 5.88 Å². The molecule has 0 bridgehead atoms. The molecule has 0 saturated carbocycles. The molecule has 2 aliphatic heterocycles. The Morgan fingerprint density at radius 3 is 2.76 bits per heavy atom. The van der Waals surface area contributed by atoms with Crippen LogP contribution in [0.15, 0.2) is 48.0 Å². The van der Waals surface area contributed by atoms with Crippen LogP contribution in [0.25, 0.3) is 0 Å². The van der Waals surface area contributed by atoms with Crippen LogP contribution >= 0.6 is 12.4 Å². The fraction of sp³-hybridized carbons (Fsp3) is 0.300. The standard InChI is InChI=1S/C20H18F3N5O4.ClH/c1-11(21)7-31-16-6-25-15(5-26-16)17(29)27-12-2-3-14(22)13(4-12)20-10-30-8-19(20,23)9-32-18(24)28-20;/h2-6H,1,7-10H2,(H2,24,28)(H,27,29);1H/t19-,20-;/m1./s1. The van der Waals surface area contributed by atoms with E-state index in [2.05, 4.69) is 26.9 Å². The van der Waals surface area contributed by atoms with Crippen molar-refractivity contribution in [1.29, 1.82) is 0 Å². The molecular formula is C20H19ClF3N5O4. The number of benzene rings is 1. The maximum absolute atomic E-state index is 15.5. The lowest BCUT2D eigenvalue weighted by molar-refractivity contribution is 0.00905. The molecule has 1 amide bonds. The Labute approximate surface area is 192 Å². The molecule has 1 saturated heterocycles. The highest BCUT2D eigenvalue weighted by atomic mass is 35.5. The van der Waals surface area contributed by atoms with E-state index in [4.69, 9.17) is 19.9 Å². The van der Waals surface area contributed by atoms with Crippen LogP contribution in [0.1, 0.15) is 16.1 Å². The number of amidine groups is 1. The van der Waals surface area contributed by atoms with Gasteiger partial charge in [0.25, 0.3) is 11.9 Å². The molecule has 13 heteroatoms. The first-order valence-corrected chi connectivity index (χ1v) is 9.37. The molecule has 3 N–H and O–H groups in total. The number of aromatic nitrogens is 2. The Kier molecular flexibility index (Phi) is 6.79. The van der Waals surface area contributed by atoms with Gasteiger partial charge in [-0.2, -0.15) is 0 Å². The minimum atomic E-state index is -2.13. The van der Waals surface area contributed by atoms with Crippen molar-refractivity contribution in [3.63, 3.8) is 0 Å². The minimum Gasteiger partial charge on any atom is -0.469 e. The van der Waals surface area contributed by atoms with Gasteiger partial charge in [-0.25, -0.2) is 28.1 Å². The number of alkyl halides is 1. The highest BCUT2D eigenvalue weighted by molar-refractivity contribution is 6.02. The number of nitrogens with one attached hydrogen (secondary N) is 1. The monoisotopic (exact) mass is 485 g/mol. The van der Waals surface area contributed by atoms with E-state index >= 15 is 4.39 Å². The summed E-state index contributed by atoms with van der Waals surface area (Å²) in [5, 5.41) is 2.54. The van der Waals surface area contributed by atoms with Crippen LogP contribution in [0.2, 0.25) is 0 Å². The molecular weight excluding hydrogens is 467 g/mol. The number of ether oxygens (including phenoxy) is 3. The van der Waals surface area contributed by atoms with Gasteiger partial charge in [-0.1, -0.05) is 6.58 Å². The van der Waals surface area contributed by atoms with E-state index < -0.39 is 42.0 Å². The molecule has 9 nitrogen and oxygen atoms in total. The summed E-state index contributed by atoms with van der Waals surface area (Å²) < 4.78 is 58.2. The van der Waals surface area contributed by atoms with E-state index in [1.54, 1.807) is 0 Å². The quantitative estimate of drug-likeness (QED) is 0.644. The number of nitrogens with two attached hydrogens (primary N) is 1. The van der Waals surface area contributed by atoms with E-state index in [1.165, 1.54) is 12.1 Å². The molecule has 1 aromatic carbocycles. The van der Waals surface area contributed by atoms with Gasteiger partial charge in [-0.05, 0) is 18.2 Å². The van der Waals surface area contributed by atoms with Gasteiger partial charge in [0.05, 0.1) is 25.6 Å². The third kappa shape index (κ3) is 4.57. The maximum Gasteiger partial charge on any atom is 0.283 e. The SMILES string of the molecule is C=C(F)COc1cnc(C(=O)Nc2ccc(F)c([C@]34COC[C@@]3(F)COC(N)=N4)c2)cn1.Cl. The van der Waals surface area contributed by atoms with Gasteiger partial charge in [0.15, 0.2) is 11.2 Å². The highest BCUT2D eigenvalue weighted by Crippen LogP contribution is 2.48. The van der Waals surface area contributed by atoms with Crippen LogP contribution in [0.5, 0.6) is 5.88 Å². The van der Waals surface area contributed by atoms with E-state index in [0.717, 1.165) is 18.5 Å². The Balaban J connectivity index is 0.00000306. The average Bonchev–Trinajstić information content (AvgIpc) is 3.11. The zero-order valence-corrected chi connectivity index (χ0v) is 17.8. The molecule has 4 rings (SSSR count). The third-order valence-electron chi connectivity index (χ3n) is 5.04. The molecule has 176 valence electrons. The number of aliphatic imine (C=N–C) groups is 1. The number of hydrogen-bond donors (Lipinski definition) is 2. The topological polar surface area (TPSA) is 121 Å². The summed E-state index contributed by atoms with van der Waals surface area (Å²) in [7, 11) is 0. The summed E-state index contributed by atoms with van der Waals surface area (Å²) in [4.78, 5) is 24.3. The van der Waals surface area contributed by atoms with Gasteiger partial charge < -0.3 is 25.3 Å². The van der Waals surface area contributed by atoms with Crippen LogP contribution in [0.4, 0.5) is 18.9 Å². The number of hydrogen-bond acceptors (Lipinski definition) is 8. The molecule has 1 aromatic heterocycles. The van der Waals surface area contributed by atoms with Gasteiger partial charge in [0.2, 0.25) is 5.88 Å². The summed E-state index contributed by atoms with van der Waals surface area (Å²) in [5.74, 6) is -2.11. The minimum absolute atomic E-state index is 0. The summed E-state index contributed by atoms with van der Waals surface area (Å²) in [6.45, 7) is 1.62. The molecule has 3 heterocycles. The summed E-state index contributed by atoms with van der Waals surface area (Å²) in [6, 6.07) is 3.35. The number of carbonyl (C=O) groups excluding carboxylic acids is 1. The fourth-order valence-electron chi connectivity index (χ4n) is 3.47. The predicted molar refractivity (Wildman–Crippen MR) is 113 cm³/mol. The highest BCUT2D eigenvalue weighted by Gasteiger charge is 2.62. The lowest BCUT2D eigenvalue weighted by atomic mass is 9.78. The molecule has 33 heavy (non-hydrogen) atoms. The summed E-state index contributed by atoms with van der Waals surface area (Å²) in [6.07, 6.45) is 2.26. The largest absolute Gasteiger partial charge is 0.469 e. The predicted octanol–water partition coefficient (Wildman–Crippen LogP) is 2.43. The van der Waals surface area contributed by atoms with Crippen LogP contribution < -0.4 is 15.8 Å². The Morgan fingerprint density at radius 1 is 1.27 bits per heavy atom. The molecule has 2 atom stereocenters. The van der Waals surface area contributed by atoms with Crippen molar-refractivity contribution in [2.45, 2.75) is 11.2 Å². The fourth-order valence-corrected chi connectivity index (χ4v) is 3.47. The molecule has 2 aromatic rings. The van der Waals surface area contributed by atoms with Crippen molar-refractivity contribution in [3.05, 3.63) is 60.1 Å². The van der Waals surface area contributed by atoms with Crippen LogP contribution in [-0.4, -0.2) is 54.0 Å². The first-order valence-electron chi connectivity index (χ1n) is 9.37. The van der Waals surface area contributed by atoms with Gasteiger partial charge in [-0.3, -0.25) is 4.79 Å². The second-order valence-corrected chi connectivity index (χ2v) is 7.25. The zero-order valence-electron chi connectivity index (χ0n) is 17.0. The lowest BCUT2D eigenvalue weighted by Crippen LogP contribution is -2.55. The molecule has 1 fully saturated rings. The van der Waals surface area contributed by atoms with Crippen molar-refractivity contribution in [1.82, 2.24) is 9.97 Å². The number of rotatable bonds is 6. The van der Waals surface area contributed by atoms with Crippen LogP contribution in [0.3, 0.4) is 0 Å². The molecule has 0 aliphatic carbocycles. The lowest BCUT2D eigenvalue weighted by Gasteiger charge is -2.38.